The van der Waals surface area contributed by atoms with Crippen molar-refractivity contribution in [2.24, 2.45) is 0 Å². The lowest BCUT2D eigenvalue weighted by atomic mass is 10.2. The molecule has 1 unspecified atom stereocenters. The van der Waals surface area contributed by atoms with Gasteiger partial charge >= 0.3 is 5.97 Å². The van der Waals surface area contributed by atoms with E-state index in [1.54, 1.807) is 0 Å². The summed E-state index contributed by atoms with van der Waals surface area (Å²) in [4.78, 5) is 10.8. The Morgan fingerprint density at radius 1 is 1.58 bits per heavy atom. The van der Waals surface area contributed by atoms with Gasteiger partial charge in [0.2, 0.25) is 0 Å². The van der Waals surface area contributed by atoms with Gasteiger partial charge < -0.3 is 9.84 Å². The molecule has 0 aromatic rings. The number of hydrogen-bond acceptors (Lipinski definition) is 3. The summed E-state index contributed by atoms with van der Waals surface area (Å²) in [6.07, 6.45) is -0.395. The number of hydrogen-bond donors (Lipinski definition) is 1. The maximum Gasteiger partial charge on any atom is 0.333 e. The van der Waals surface area contributed by atoms with Crippen LogP contribution in [0.3, 0.4) is 0 Å². The number of rotatable bonds is 2. The number of alkyl halides is 3. The molecule has 1 N–H and O–H groups in total. The predicted molar refractivity (Wildman–Crippen MR) is 47.6 cm³/mol. The van der Waals surface area contributed by atoms with Gasteiger partial charge in [0, 0.05) is 6.42 Å². The summed E-state index contributed by atoms with van der Waals surface area (Å²) in [6, 6.07) is 0. The Kier molecular flexibility index (Phi) is 4.33. The molecular weight excluding hydrogens is 242 g/mol. The fourth-order valence-electron chi connectivity index (χ4n) is 0.531. The quantitative estimate of drug-likeness (QED) is 0.446. The van der Waals surface area contributed by atoms with E-state index in [1.165, 1.54) is 0 Å². The van der Waals surface area contributed by atoms with E-state index < -0.39 is 21.4 Å². The molecule has 12 heavy (non-hydrogen) atoms. The monoisotopic (exact) mass is 247 g/mol. The number of esters is 1. The molecule has 69 valence electrons. The molecule has 0 aromatic carbocycles. The predicted octanol–water partition coefficient (Wildman–Crippen LogP) is 0.777. The summed E-state index contributed by atoms with van der Waals surface area (Å²) < 4.78 is 2.53. The topological polar surface area (TPSA) is 46.5 Å². The molecule has 0 saturated heterocycles. The Morgan fingerprint density at radius 2 is 2.00 bits per heavy atom. The van der Waals surface area contributed by atoms with Crippen LogP contribution in [0.25, 0.3) is 0 Å². The van der Waals surface area contributed by atoms with E-state index in [0.29, 0.717) is 0 Å². The second-order valence-electron chi connectivity index (χ2n) is 2.14. The summed E-state index contributed by atoms with van der Waals surface area (Å²) in [5.41, 5.74) is 0. The van der Waals surface area contributed by atoms with Crippen LogP contribution < -0.4 is 0 Å². The first-order valence-electron chi connectivity index (χ1n) is 2.81. The first-order chi connectivity index (χ1) is 5.19. The van der Waals surface area contributed by atoms with Crippen molar-refractivity contribution in [3.05, 3.63) is 0 Å². The van der Waals surface area contributed by atoms with Crippen molar-refractivity contribution >= 4 is 51.0 Å². The fraction of sp³-hybridized carbons (Fsp3) is 0.800. The van der Waals surface area contributed by atoms with Gasteiger partial charge in [-0.25, -0.2) is 4.79 Å². The zero-order valence-corrected chi connectivity index (χ0v) is 9.37. The van der Waals surface area contributed by atoms with Crippen molar-refractivity contribution in [2.45, 2.75) is 15.4 Å². The molecule has 3 nitrogen and oxygen atoms in total. The Balaban J connectivity index is 4.32. The number of halogens is 3. The van der Waals surface area contributed by atoms with Gasteiger partial charge in [0.05, 0.1) is 17.4 Å². The molecule has 0 aromatic heterocycles. The lowest BCUT2D eigenvalue weighted by Crippen LogP contribution is -2.43. The molecule has 0 aliphatic rings. The normalized spacial score (nSPS) is 16.8. The maximum atomic E-state index is 10.8. The van der Waals surface area contributed by atoms with Gasteiger partial charge in [-0.3, -0.25) is 0 Å². The van der Waals surface area contributed by atoms with E-state index in [4.69, 9.17) is 34.8 Å². The van der Waals surface area contributed by atoms with E-state index >= 15 is 0 Å². The van der Waals surface area contributed by atoms with Crippen LogP contribution in [0.2, 0.25) is 0 Å². The third-order valence-electron chi connectivity index (χ3n) is 0.979. The zero-order valence-electron chi connectivity index (χ0n) is 6.10. The van der Waals surface area contributed by atoms with E-state index in [-0.39, 0.29) is 0 Å². The SMILES string of the molecule is COC(=O)C(O)([Si])CC(Cl)(Cl)Cl. The second kappa shape index (κ2) is 4.15. The molecule has 0 rings (SSSR count). The smallest absolute Gasteiger partial charge is 0.333 e. The van der Waals surface area contributed by atoms with Crippen molar-refractivity contribution in [3.63, 3.8) is 0 Å². The van der Waals surface area contributed by atoms with Gasteiger partial charge in [-0.15, -0.1) is 0 Å². The van der Waals surface area contributed by atoms with Gasteiger partial charge in [-0.2, -0.15) is 0 Å². The van der Waals surface area contributed by atoms with E-state index in [2.05, 4.69) is 15.0 Å². The van der Waals surface area contributed by atoms with Crippen LogP contribution >= 0.6 is 34.8 Å². The molecule has 0 aliphatic carbocycles. The summed E-state index contributed by atoms with van der Waals surface area (Å²) in [7, 11) is 3.84. The molecule has 0 heterocycles. The zero-order chi connectivity index (χ0) is 9.99. The first kappa shape index (κ1) is 12.5. The van der Waals surface area contributed by atoms with Gasteiger partial charge in [-0.1, -0.05) is 34.8 Å². The van der Waals surface area contributed by atoms with Crippen molar-refractivity contribution in [3.8, 4) is 0 Å². The van der Waals surface area contributed by atoms with Crippen LogP contribution in [-0.4, -0.2) is 37.4 Å². The lowest BCUT2D eigenvalue weighted by Gasteiger charge is -2.23. The fourth-order valence-corrected chi connectivity index (χ4v) is 1.81. The number of carbonyl (C=O) groups excluding carboxylic acids is 1. The number of methoxy groups -OCH3 is 1. The molecule has 0 aliphatic heterocycles. The van der Waals surface area contributed by atoms with Crippen LogP contribution in [0.5, 0.6) is 0 Å². The molecule has 0 saturated carbocycles. The summed E-state index contributed by atoms with van der Waals surface area (Å²) in [5.74, 6) is -0.912. The molecule has 0 spiro atoms. The number of carbonyl (C=O) groups is 1. The minimum absolute atomic E-state index is 0.395. The van der Waals surface area contributed by atoms with E-state index in [0.717, 1.165) is 7.11 Å². The Hall–Kier alpha value is 0.517. The minimum Gasteiger partial charge on any atom is -0.467 e. The van der Waals surface area contributed by atoms with Crippen LogP contribution in [0, 0.1) is 0 Å². The number of aliphatic hydroxyl groups is 1. The third-order valence-corrected chi connectivity index (χ3v) is 1.76. The van der Waals surface area contributed by atoms with Crippen molar-refractivity contribution in [1.82, 2.24) is 0 Å². The molecule has 3 radical (unpaired) electrons. The van der Waals surface area contributed by atoms with Crippen molar-refractivity contribution in [2.75, 3.05) is 7.11 Å². The Bertz CT molecular complexity index is 177. The highest BCUT2D eigenvalue weighted by molar-refractivity contribution is 6.67. The van der Waals surface area contributed by atoms with E-state index in [9.17, 15) is 9.90 Å². The largest absolute Gasteiger partial charge is 0.467 e. The van der Waals surface area contributed by atoms with Crippen molar-refractivity contribution in [1.29, 1.82) is 0 Å². The van der Waals surface area contributed by atoms with E-state index in [1.807, 2.05) is 0 Å². The van der Waals surface area contributed by atoms with Crippen LogP contribution in [0.15, 0.2) is 0 Å². The summed E-state index contributed by atoms with van der Waals surface area (Å²) in [6.45, 7) is 0. The highest BCUT2D eigenvalue weighted by atomic mass is 35.6. The molecule has 1 atom stereocenters. The van der Waals surface area contributed by atoms with Crippen LogP contribution in [-0.2, 0) is 9.53 Å². The standard InChI is InChI=1S/C5H6Cl3O3Si/c1-11-3(9)4(10,12)2-5(6,7)8/h10H,2H2,1H3. The molecule has 0 amide bonds. The van der Waals surface area contributed by atoms with Gasteiger partial charge in [0.15, 0.2) is 3.79 Å². The van der Waals surface area contributed by atoms with Gasteiger partial charge in [0.25, 0.3) is 0 Å². The van der Waals surface area contributed by atoms with Gasteiger partial charge in [0.1, 0.15) is 5.22 Å². The maximum absolute atomic E-state index is 10.8. The average molecular weight is 249 g/mol. The average Bonchev–Trinajstić information content (AvgIpc) is 1.80. The first-order valence-corrected chi connectivity index (χ1v) is 4.45. The summed E-state index contributed by atoms with van der Waals surface area (Å²) >= 11 is 16.1. The highest BCUT2D eigenvalue weighted by Gasteiger charge is 2.39. The molecule has 0 bridgehead atoms. The highest BCUT2D eigenvalue weighted by Crippen LogP contribution is 2.34. The Labute approximate surface area is 88.3 Å². The second-order valence-corrected chi connectivity index (χ2v) is 5.49. The molecule has 0 fully saturated rings. The lowest BCUT2D eigenvalue weighted by molar-refractivity contribution is -0.154. The van der Waals surface area contributed by atoms with Crippen LogP contribution in [0.1, 0.15) is 6.42 Å². The molecule has 7 heteroatoms. The Morgan fingerprint density at radius 3 is 2.25 bits per heavy atom. The van der Waals surface area contributed by atoms with Gasteiger partial charge in [-0.05, 0) is 0 Å². The third kappa shape index (κ3) is 4.52. The number of ether oxygens (including phenoxy) is 1. The molecular formula is C5H6Cl3O3Si. The van der Waals surface area contributed by atoms with Crippen LogP contribution in [0.4, 0.5) is 0 Å². The van der Waals surface area contributed by atoms with Crippen molar-refractivity contribution < 1.29 is 14.6 Å². The summed E-state index contributed by atoms with van der Waals surface area (Å²) in [5, 5.41) is 7.35. The minimum atomic E-state index is -1.96.